The molecule has 11 atom stereocenters. The molecule has 0 aromatic carbocycles. The summed E-state index contributed by atoms with van der Waals surface area (Å²) in [6, 6.07) is 0. The largest absolute Gasteiger partial charge is 0.481 e. The van der Waals surface area contributed by atoms with Crippen LogP contribution in [0, 0.1) is 56.7 Å². The van der Waals surface area contributed by atoms with Crippen LogP contribution in [0.5, 0.6) is 0 Å². The van der Waals surface area contributed by atoms with Crippen molar-refractivity contribution in [3.05, 3.63) is 0 Å². The summed E-state index contributed by atoms with van der Waals surface area (Å²) >= 11 is 0. The summed E-state index contributed by atoms with van der Waals surface area (Å²) in [4.78, 5) is 25.7. The Morgan fingerprint density at radius 3 is 2.21 bits per heavy atom. The second-order valence-electron chi connectivity index (χ2n) is 14.4. The van der Waals surface area contributed by atoms with Gasteiger partial charge in [-0.25, -0.2) is 0 Å². The number of rotatable bonds is 2. The van der Waals surface area contributed by atoms with E-state index in [1.807, 2.05) is 20.8 Å². The molecule has 0 aromatic heterocycles. The van der Waals surface area contributed by atoms with Gasteiger partial charge in [-0.05, 0) is 111 Å². The number of aliphatic carboxylic acids is 1. The van der Waals surface area contributed by atoms with E-state index < -0.39 is 29.0 Å². The van der Waals surface area contributed by atoms with Crippen LogP contribution in [0.1, 0.15) is 99.3 Å². The Hall–Kier alpha value is -0.940. The van der Waals surface area contributed by atoms with Crippen LogP contribution >= 0.6 is 0 Å². The predicted molar refractivity (Wildman–Crippen MR) is 130 cm³/mol. The minimum atomic E-state index is -0.885. The molecular formula is C29H46O5. The third kappa shape index (κ3) is 2.75. The van der Waals surface area contributed by atoms with Crippen molar-refractivity contribution in [3.63, 3.8) is 0 Å². The zero-order valence-electron chi connectivity index (χ0n) is 22.1. The molecule has 0 heterocycles. The molecule has 5 aliphatic rings. The van der Waals surface area contributed by atoms with Gasteiger partial charge in [0.2, 0.25) is 0 Å². The molecule has 0 spiro atoms. The van der Waals surface area contributed by atoms with Gasteiger partial charge in [-0.1, -0.05) is 34.6 Å². The third-order valence-corrected chi connectivity index (χ3v) is 13.2. The molecule has 0 saturated heterocycles. The Balaban J connectivity index is 1.57. The number of carbonyl (C=O) groups is 2. The minimum absolute atomic E-state index is 0.00153. The summed E-state index contributed by atoms with van der Waals surface area (Å²) < 4.78 is 0. The lowest BCUT2D eigenvalue weighted by Gasteiger charge is -2.72. The molecular weight excluding hydrogens is 428 g/mol. The zero-order valence-corrected chi connectivity index (χ0v) is 22.1. The second-order valence-corrected chi connectivity index (χ2v) is 14.4. The molecule has 5 fully saturated rings. The van der Waals surface area contributed by atoms with Crippen molar-refractivity contribution in [1.82, 2.24) is 0 Å². The second kappa shape index (κ2) is 7.31. The Morgan fingerprint density at radius 1 is 0.912 bits per heavy atom. The van der Waals surface area contributed by atoms with Gasteiger partial charge in [0.15, 0.2) is 5.78 Å². The monoisotopic (exact) mass is 474 g/mol. The van der Waals surface area contributed by atoms with Gasteiger partial charge in [-0.2, -0.15) is 0 Å². The number of hydrogen-bond acceptors (Lipinski definition) is 4. The minimum Gasteiger partial charge on any atom is -0.481 e. The van der Waals surface area contributed by atoms with Gasteiger partial charge >= 0.3 is 5.97 Å². The van der Waals surface area contributed by atoms with Crippen LogP contribution in [0.2, 0.25) is 0 Å². The molecule has 5 heteroatoms. The first-order chi connectivity index (χ1) is 15.7. The highest BCUT2D eigenvalue weighted by molar-refractivity contribution is 5.89. The van der Waals surface area contributed by atoms with E-state index in [-0.39, 0.29) is 39.8 Å². The highest BCUT2D eigenvalue weighted by Crippen LogP contribution is 2.77. The number of aliphatic hydroxyl groups excluding tert-OH is 2. The molecule has 5 aliphatic carbocycles. The zero-order chi connectivity index (χ0) is 25.1. The molecule has 0 bridgehead atoms. The van der Waals surface area contributed by atoms with E-state index in [1.165, 1.54) is 0 Å². The van der Waals surface area contributed by atoms with E-state index >= 15 is 0 Å². The summed E-state index contributed by atoms with van der Waals surface area (Å²) in [6.45, 7) is 13.2. The summed E-state index contributed by atoms with van der Waals surface area (Å²) in [5, 5.41) is 32.0. The molecule has 5 nitrogen and oxygen atoms in total. The van der Waals surface area contributed by atoms with E-state index in [9.17, 15) is 24.9 Å². The fourth-order valence-electron chi connectivity index (χ4n) is 11.5. The molecule has 192 valence electrons. The molecule has 3 N–H and O–H groups in total. The lowest BCUT2D eigenvalue weighted by molar-refractivity contribution is -0.243. The number of ketones is 1. The standard InChI is InChI=1S/C29H46O5/c1-16(30)17-9-12-29(24(33)34)14-13-27(5)18(22(17)29)7-8-21-26(4)15-19(31)23(32)25(2,3)20(26)10-11-28(21,27)6/h16-22,30-31H,7-15H2,1-6H3,(H,33,34)/t16?,17-,18?,19-,20?,21?,22?,26-,27+,28+,29-/m0/s1. The molecule has 0 amide bonds. The molecule has 5 unspecified atom stereocenters. The fourth-order valence-corrected chi connectivity index (χ4v) is 11.5. The molecule has 5 rings (SSSR count). The molecule has 0 aromatic rings. The van der Waals surface area contributed by atoms with Gasteiger partial charge in [-0.15, -0.1) is 0 Å². The van der Waals surface area contributed by atoms with Crippen LogP contribution in [0.3, 0.4) is 0 Å². The predicted octanol–water partition coefficient (Wildman–Crippen LogP) is 5.07. The fraction of sp³-hybridized carbons (Fsp3) is 0.931. The van der Waals surface area contributed by atoms with Crippen LogP contribution in [-0.4, -0.2) is 39.3 Å². The smallest absolute Gasteiger partial charge is 0.309 e. The number of hydrogen-bond donors (Lipinski definition) is 3. The molecule has 5 saturated carbocycles. The average molecular weight is 475 g/mol. The molecule has 0 aliphatic heterocycles. The normalized spacial score (nSPS) is 54.9. The van der Waals surface area contributed by atoms with Gasteiger partial charge < -0.3 is 15.3 Å². The summed E-state index contributed by atoms with van der Waals surface area (Å²) in [5.41, 5.74) is -1.27. The Morgan fingerprint density at radius 2 is 1.59 bits per heavy atom. The van der Waals surface area contributed by atoms with Crippen molar-refractivity contribution in [1.29, 1.82) is 0 Å². The van der Waals surface area contributed by atoms with Crippen molar-refractivity contribution < 1.29 is 24.9 Å². The van der Waals surface area contributed by atoms with Gasteiger partial charge in [0.25, 0.3) is 0 Å². The number of aliphatic hydroxyl groups is 2. The van der Waals surface area contributed by atoms with Crippen molar-refractivity contribution in [2.24, 2.45) is 56.7 Å². The first-order valence-corrected chi connectivity index (χ1v) is 13.8. The highest BCUT2D eigenvalue weighted by Gasteiger charge is 2.72. The Kier molecular flexibility index (Phi) is 5.32. The molecule has 0 radical (unpaired) electrons. The summed E-state index contributed by atoms with van der Waals surface area (Å²) in [5.74, 6) is 0.416. The average Bonchev–Trinajstić information content (AvgIpc) is 3.14. The van der Waals surface area contributed by atoms with E-state index in [0.29, 0.717) is 31.1 Å². The Bertz CT molecular complexity index is 895. The maximum Gasteiger partial charge on any atom is 0.309 e. The van der Waals surface area contributed by atoms with E-state index in [0.717, 1.165) is 38.5 Å². The lowest BCUT2D eigenvalue weighted by Crippen LogP contribution is -2.68. The lowest BCUT2D eigenvalue weighted by atomic mass is 9.32. The maximum absolute atomic E-state index is 13.0. The number of fused-ring (bicyclic) bond motifs is 7. The number of carboxylic acids is 1. The van der Waals surface area contributed by atoms with Crippen molar-refractivity contribution in [2.45, 2.75) is 112 Å². The van der Waals surface area contributed by atoms with Crippen LogP contribution < -0.4 is 0 Å². The third-order valence-electron chi connectivity index (χ3n) is 13.2. The topological polar surface area (TPSA) is 94.8 Å². The van der Waals surface area contributed by atoms with Gasteiger partial charge in [0, 0.05) is 5.41 Å². The number of carbonyl (C=O) groups excluding carboxylic acids is 1. The van der Waals surface area contributed by atoms with Crippen LogP contribution in [0.15, 0.2) is 0 Å². The van der Waals surface area contributed by atoms with Crippen LogP contribution in [0.25, 0.3) is 0 Å². The number of Topliss-reactive ketones (excluding diaryl/α,β-unsaturated/α-hetero) is 1. The van der Waals surface area contributed by atoms with E-state index in [1.54, 1.807) is 0 Å². The van der Waals surface area contributed by atoms with Crippen molar-refractivity contribution in [2.75, 3.05) is 0 Å². The van der Waals surface area contributed by atoms with E-state index in [4.69, 9.17) is 0 Å². The first kappa shape index (κ1) is 24.7. The molecule has 34 heavy (non-hydrogen) atoms. The summed E-state index contributed by atoms with van der Waals surface area (Å²) in [6.07, 6.45) is 6.39. The van der Waals surface area contributed by atoms with E-state index in [2.05, 4.69) is 20.8 Å². The highest BCUT2D eigenvalue weighted by atomic mass is 16.4. The quantitative estimate of drug-likeness (QED) is 0.519. The van der Waals surface area contributed by atoms with Gasteiger partial charge in [0.05, 0.1) is 11.5 Å². The van der Waals surface area contributed by atoms with Crippen molar-refractivity contribution in [3.8, 4) is 0 Å². The summed E-state index contributed by atoms with van der Waals surface area (Å²) in [7, 11) is 0. The first-order valence-electron chi connectivity index (χ1n) is 13.8. The van der Waals surface area contributed by atoms with Gasteiger partial charge in [-0.3, -0.25) is 9.59 Å². The Labute approximate surface area is 205 Å². The maximum atomic E-state index is 13.0. The van der Waals surface area contributed by atoms with Gasteiger partial charge in [0.1, 0.15) is 6.10 Å². The van der Waals surface area contributed by atoms with Crippen LogP contribution in [-0.2, 0) is 9.59 Å². The SMILES string of the molecule is CC(O)[C@@H]1CC[C@]2(C(=O)O)CC[C@]3(C)C(CCC4[C@@]5(C)C[C@H](O)C(=O)C(C)(C)C5CC[C@]43C)C12. The number of carboxylic acid groups (broad SMARTS) is 1. The van der Waals surface area contributed by atoms with Crippen molar-refractivity contribution >= 4 is 11.8 Å². The van der Waals surface area contributed by atoms with Crippen LogP contribution in [0.4, 0.5) is 0 Å².